The Morgan fingerprint density at radius 2 is 1.64 bits per heavy atom. The third-order valence-corrected chi connectivity index (χ3v) is 5.18. The van der Waals surface area contributed by atoms with Crippen molar-refractivity contribution < 1.29 is 31.1 Å². The molecule has 0 bridgehead atoms. The summed E-state index contributed by atoms with van der Waals surface area (Å²) in [6.45, 7) is 0.264. The van der Waals surface area contributed by atoms with E-state index in [1.807, 2.05) is 0 Å². The number of benzene rings is 2. The van der Waals surface area contributed by atoms with Gasteiger partial charge < -0.3 is 10.1 Å². The molecule has 6 nitrogen and oxygen atoms in total. The zero-order chi connectivity index (χ0) is 20.9. The van der Waals surface area contributed by atoms with Crippen LogP contribution in [0.2, 0.25) is 0 Å². The van der Waals surface area contributed by atoms with Crippen LogP contribution in [0, 0.1) is 11.7 Å². The molecule has 10 heteroatoms. The molecule has 0 saturated heterocycles. The smallest absolute Gasteiger partial charge is 0.387 e. The maximum absolute atomic E-state index is 13.8. The minimum atomic E-state index is -4.28. The molecule has 0 aliphatic carbocycles. The number of hydrogen-bond donors (Lipinski definition) is 2. The van der Waals surface area contributed by atoms with Crippen molar-refractivity contribution in [3.8, 4) is 5.75 Å². The van der Waals surface area contributed by atoms with Crippen LogP contribution >= 0.6 is 0 Å². The molecule has 2 rings (SSSR count). The molecule has 1 atom stereocenters. The maximum atomic E-state index is 13.8. The minimum absolute atomic E-state index is 0.0892. The van der Waals surface area contributed by atoms with E-state index in [0.29, 0.717) is 0 Å². The molecular formula is C18H19F3N2O4S. The number of amides is 1. The van der Waals surface area contributed by atoms with Gasteiger partial charge in [0.1, 0.15) is 22.5 Å². The maximum Gasteiger partial charge on any atom is 0.387 e. The van der Waals surface area contributed by atoms with E-state index in [0.717, 1.165) is 12.1 Å². The Kier molecular flexibility index (Phi) is 7.03. The van der Waals surface area contributed by atoms with Crippen LogP contribution in [-0.4, -0.2) is 27.0 Å². The number of nitrogens with one attached hydrogen (secondary N) is 2. The topological polar surface area (TPSA) is 84.5 Å². The van der Waals surface area contributed by atoms with Crippen LogP contribution in [0.1, 0.15) is 13.8 Å². The number of ether oxygens (including phenoxy) is 1. The lowest BCUT2D eigenvalue weighted by atomic mass is 10.0. The molecule has 0 aromatic heterocycles. The first kappa shape index (κ1) is 21.7. The number of sulfonamides is 1. The van der Waals surface area contributed by atoms with Crippen LogP contribution in [0.15, 0.2) is 53.4 Å². The van der Waals surface area contributed by atoms with Crippen LogP contribution in [0.3, 0.4) is 0 Å². The summed E-state index contributed by atoms with van der Waals surface area (Å²) < 4.78 is 69.5. The number of carbonyl (C=O) groups excluding carboxylic acids is 1. The predicted molar refractivity (Wildman–Crippen MR) is 97.1 cm³/mol. The molecule has 0 spiro atoms. The number of carbonyl (C=O) groups is 1. The van der Waals surface area contributed by atoms with E-state index in [1.54, 1.807) is 13.8 Å². The van der Waals surface area contributed by atoms with Crippen molar-refractivity contribution in [2.24, 2.45) is 5.92 Å². The first-order chi connectivity index (χ1) is 13.1. The average molecular weight is 416 g/mol. The second-order valence-electron chi connectivity index (χ2n) is 6.17. The van der Waals surface area contributed by atoms with Crippen molar-refractivity contribution in [1.82, 2.24) is 4.72 Å². The van der Waals surface area contributed by atoms with Crippen molar-refractivity contribution in [3.63, 3.8) is 0 Å². The van der Waals surface area contributed by atoms with Crippen LogP contribution in [0.5, 0.6) is 5.75 Å². The zero-order valence-electron chi connectivity index (χ0n) is 15.0. The van der Waals surface area contributed by atoms with Gasteiger partial charge in [0.25, 0.3) is 0 Å². The van der Waals surface area contributed by atoms with E-state index in [-0.39, 0.29) is 11.4 Å². The van der Waals surface area contributed by atoms with Crippen molar-refractivity contribution in [2.45, 2.75) is 31.4 Å². The summed E-state index contributed by atoms with van der Waals surface area (Å²) >= 11 is 0. The van der Waals surface area contributed by atoms with Crippen molar-refractivity contribution in [1.29, 1.82) is 0 Å². The molecule has 0 aliphatic heterocycles. The van der Waals surface area contributed by atoms with Gasteiger partial charge in [0, 0.05) is 5.69 Å². The fourth-order valence-electron chi connectivity index (χ4n) is 2.33. The quantitative estimate of drug-likeness (QED) is 0.691. The second-order valence-corrected chi connectivity index (χ2v) is 7.85. The highest BCUT2D eigenvalue weighted by Crippen LogP contribution is 2.19. The molecule has 0 radical (unpaired) electrons. The molecule has 2 aromatic rings. The Morgan fingerprint density at radius 3 is 2.18 bits per heavy atom. The summed E-state index contributed by atoms with van der Waals surface area (Å²) in [5.74, 6) is -2.17. The van der Waals surface area contributed by atoms with E-state index < -0.39 is 45.2 Å². The lowest BCUT2D eigenvalue weighted by molar-refractivity contribution is -0.118. The number of alkyl halides is 2. The van der Waals surface area contributed by atoms with Crippen LogP contribution in [-0.2, 0) is 14.8 Å². The van der Waals surface area contributed by atoms with Gasteiger partial charge in [-0.2, -0.15) is 13.5 Å². The van der Waals surface area contributed by atoms with Gasteiger partial charge in [-0.3, -0.25) is 4.79 Å². The first-order valence-corrected chi connectivity index (χ1v) is 9.71. The van der Waals surface area contributed by atoms with E-state index in [2.05, 4.69) is 14.8 Å². The molecule has 0 aliphatic rings. The third kappa shape index (κ3) is 5.70. The first-order valence-electron chi connectivity index (χ1n) is 8.23. The Labute approximate surface area is 160 Å². The highest BCUT2D eigenvalue weighted by atomic mass is 32.2. The van der Waals surface area contributed by atoms with Crippen LogP contribution < -0.4 is 14.8 Å². The molecule has 0 heterocycles. The van der Waals surface area contributed by atoms with Crippen molar-refractivity contribution in [2.75, 3.05) is 5.32 Å². The SMILES string of the molecule is CC(C)C(NS(=O)(=O)c1ccccc1F)C(=O)Nc1ccc(OC(F)F)cc1. The van der Waals surface area contributed by atoms with Gasteiger partial charge in [-0.1, -0.05) is 26.0 Å². The summed E-state index contributed by atoms with van der Waals surface area (Å²) in [7, 11) is -4.28. The zero-order valence-corrected chi connectivity index (χ0v) is 15.8. The monoisotopic (exact) mass is 416 g/mol. The Bertz CT molecular complexity index is 919. The van der Waals surface area contributed by atoms with E-state index in [4.69, 9.17) is 0 Å². The number of halogens is 3. The van der Waals surface area contributed by atoms with Crippen LogP contribution in [0.25, 0.3) is 0 Å². The lowest BCUT2D eigenvalue weighted by Crippen LogP contribution is -2.47. The summed E-state index contributed by atoms with van der Waals surface area (Å²) in [6, 6.07) is 8.74. The molecule has 1 amide bonds. The molecule has 0 fully saturated rings. The van der Waals surface area contributed by atoms with Gasteiger partial charge in [0.15, 0.2) is 0 Å². The second kappa shape index (κ2) is 9.07. The minimum Gasteiger partial charge on any atom is -0.435 e. The third-order valence-electron chi connectivity index (χ3n) is 3.70. The van der Waals surface area contributed by atoms with Gasteiger partial charge >= 0.3 is 6.61 Å². The average Bonchev–Trinajstić information content (AvgIpc) is 2.61. The number of rotatable bonds is 8. The standard InChI is InChI=1S/C18H19F3N2O4S/c1-11(2)16(23-28(25,26)15-6-4-3-5-14(15)19)17(24)22-12-7-9-13(10-8-12)27-18(20)21/h3-11,16,18,23H,1-2H3,(H,22,24). The largest absolute Gasteiger partial charge is 0.435 e. The fraction of sp³-hybridized carbons (Fsp3) is 0.278. The molecule has 2 aromatic carbocycles. The molecule has 152 valence electrons. The Balaban J connectivity index is 2.15. The highest BCUT2D eigenvalue weighted by molar-refractivity contribution is 7.89. The summed E-state index contributed by atoms with van der Waals surface area (Å²) in [4.78, 5) is 12.0. The number of anilines is 1. The lowest BCUT2D eigenvalue weighted by Gasteiger charge is -2.22. The summed E-state index contributed by atoms with van der Waals surface area (Å²) in [6.07, 6.45) is 0. The molecule has 1 unspecified atom stereocenters. The number of hydrogen-bond acceptors (Lipinski definition) is 4. The normalized spacial score (nSPS) is 12.8. The van der Waals surface area contributed by atoms with E-state index in [9.17, 15) is 26.4 Å². The van der Waals surface area contributed by atoms with E-state index >= 15 is 0 Å². The van der Waals surface area contributed by atoms with E-state index in [1.165, 1.54) is 36.4 Å². The molecular weight excluding hydrogens is 397 g/mol. The van der Waals surface area contributed by atoms with Crippen molar-refractivity contribution in [3.05, 3.63) is 54.3 Å². The molecule has 0 saturated carbocycles. The van der Waals surface area contributed by atoms with Gasteiger partial charge in [0.05, 0.1) is 0 Å². The Morgan fingerprint density at radius 1 is 1.04 bits per heavy atom. The summed E-state index contributed by atoms with van der Waals surface area (Å²) in [5.41, 5.74) is 0.252. The molecule has 2 N–H and O–H groups in total. The van der Waals surface area contributed by atoms with Gasteiger partial charge in [-0.15, -0.1) is 0 Å². The van der Waals surface area contributed by atoms with Crippen LogP contribution in [0.4, 0.5) is 18.9 Å². The van der Waals surface area contributed by atoms with Gasteiger partial charge in [-0.05, 0) is 42.3 Å². The van der Waals surface area contributed by atoms with Crippen molar-refractivity contribution >= 4 is 21.6 Å². The molecule has 28 heavy (non-hydrogen) atoms. The fourth-order valence-corrected chi connectivity index (χ4v) is 3.75. The Hall–Kier alpha value is -2.59. The van der Waals surface area contributed by atoms with Gasteiger partial charge in [-0.25, -0.2) is 12.8 Å². The van der Waals surface area contributed by atoms with Gasteiger partial charge in [0.2, 0.25) is 15.9 Å². The predicted octanol–water partition coefficient (Wildman–Crippen LogP) is 3.37. The summed E-state index contributed by atoms with van der Waals surface area (Å²) in [5, 5.41) is 2.49. The highest BCUT2D eigenvalue weighted by Gasteiger charge is 2.29.